The minimum atomic E-state index is 0.351. The van der Waals surface area contributed by atoms with Crippen LogP contribution in [0.15, 0.2) is 0 Å². The maximum atomic E-state index is 3.86. The largest absolute Gasteiger partial charge is 0.314 e. The summed E-state index contributed by atoms with van der Waals surface area (Å²) in [5.41, 5.74) is 0.351. The Morgan fingerprint density at radius 3 is 2.32 bits per heavy atom. The van der Waals surface area contributed by atoms with Crippen LogP contribution in [0, 0.1) is 11.8 Å². The third-order valence-corrected chi connectivity index (χ3v) is 5.18. The van der Waals surface area contributed by atoms with Crippen LogP contribution >= 0.6 is 0 Å². The van der Waals surface area contributed by atoms with Crippen LogP contribution in [-0.4, -0.2) is 36.1 Å². The Balaban J connectivity index is 1.66. The molecule has 0 aromatic carbocycles. The molecular formula is C17H34N2. The highest BCUT2D eigenvalue weighted by Gasteiger charge is 2.27. The molecule has 1 saturated heterocycles. The van der Waals surface area contributed by atoms with Crippen molar-refractivity contribution in [2.24, 2.45) is 11.8 Å². The predicted octanol–water partition coefficient (Wildman–Crippen LogP) is 3.67. The van der Waals surface area contributed by atoms with Gasteiger partial charge in [-0.2, -0.15) is 0 Å². The summed E-state index contributed by atoms with van der Waals surface area (Å²) < 4.78 is 0. The lowest BCUT2D eigenvalue weighted by molar-refractivity contribution is 0.0944. The molecule has 2 heteroatoms. The van der Waals surface area contributed by atoms with E-state index < -0.39 is 0 Å². The van der Waals surface area contributed by atoms with Gasteiger partial charge in [-0.1, -0.05) is 19.8 Å². The van der Waals surface area contributed by atoms with Crippen molar-refractivity contribution in [2.75, 3.05) is 19.6 Å². The molecule has 2 rings (SSSR count). The number of nitrogens with one attached hydrogen (secondary N) is 1. The van der Waals surface area contributed by atoms with Crippen LogP contribution in [0.5, 0.6) is 0 Å². The van der Waals surface area contributed by atoms with E-state index in [1.807, 2.05) is 0 Å². The van der Waals surface area contributed by atoms with Gasteiger partial charge >= 0.3 is 0 Å². The number of hydrogen-bond donors (Lipinski definition) is 1. The van der Waals surface area contributed by atoms with Gasteiger partial charge in [0.25, 0.3) is 0 Å². The summed E-state index contributed by atoms with van der Waals surface area (Å²) in [5, 5.41) is 3.86. The van der Waals surface area contributed by atoms with Crippen molar-refractivity contribution in [3.8, 4) is 0 Å². The molecule has 0 spiro atoms. The first-order valence-corrected chi connectivity index (χ1v) is 8.43. The van der Waals surface area contributed by atoms with E-state index in [0.29, 0.717) is 5.54 Å². The third kappa shape index (κ3) is 4.75. The molecule has 112 valence electrons. The first-order chi connectivity index (χ1) is 8.95. The number of piperidine rings is 1. The van der Waals surface area contributed by atoms with E-state index in [9.17, 15) is 0 Å². The predicted molar refractivity (Wildman–Crippen MR) is 83.5 cm³/mol. The molecule has 0 aromatic rings. The van der Waals surface area contributed by atoms with Crippen molar-refractivity contribution in [2.45, 2.75) is 77.8 Å². The topological polar surface area (TPSA) is 15.3 Å². The summed E-state index contributed by atoms with van der Waals surface area (Å²) in [5.74, 6) is 1.91. The fourth-order valence-electron chi connectivity index (χ4n) is 3.83. The maximum absolute atomic E-state index is 3.86. The average molecular weight is 266 g/mol. The van der Waals surface area contributed by atoms with Gasteiger partial charge in [-0.25, -0.2) is 0 Å². The Labute approximate surface area is 120 Å². The van der Waals surface area contributed by atoms with E-state index in [4.69, 9.17) is 0 Å². The minimum absolute atomic E-state index is 0.351. The number of nitrogens with zero attached hydrogens (tertiary/aromatic N) is 1. The Hall–Kier alpha value is -0.0800. The lowest BCUT2D eigenvalue weighted by Crippen LogP contribution is -2.50. The van der Waals surface area contributed by atoms with E-state index in [-0.39, 0.29) is 0 Å². The fourth-order valence-corrected chi connectivity index (χ4v) is 3.83. The highest BCUT2D eigenvalue weighted by atomic mass is 15.2. The first kappa shape index (κ1) is 15.3. The normalized spacial score (nSPS) is 31.6. The van der Waals surface area contributed by atoms with Crippen molar-refractivity contribution >= 4 is 0 Å². The Kier molecular flexibility index (Phi) is 5.30. The van der Waals surface area contributed by atoms with Crippen molar-refractivity contribution in [1.82, 2.24) is 10.2 Å². The highest BCUT2D eigenvalue weighted by Crippen LogP contribution is 2.28. The Morgan fingerprint density at radius 1 is 1.05 bits per heavy atom. The van der Waals surface area contributed by atoms with Gasteiger partial charge in [0.05, 0.1) is 0 Å². The molecule has 1 saturated carbocycles. The molecule has 0 amide bonds. The average Bonchev–Trinajstić information content (AvgIpc) is 2.36. The molecule has 1 heterocycles. The van der Waals surface area contributed by atoms with Gasteiger partial charge in [0, 0.05) is 24.7 Å². The summed E-state index contributed by atoms with van der Waals surface area (Å²) in [4.78, 5) is 2.63. The molecule has 0 radical (unpaired) electrons. The van der Waals surface area contributed by atoms with Crippen LogP contribution in [0.1, 0.15) is 66.2 Å². The molecule has 1 N–H and O–H groups in total. The second-order valence-electron chi connectivity index (χ2n) is 7.98. The van der Waals surface area contributed by atoms with E-state index in [0.717, 1.165) is 17.9 Å². The molecule has 19 heavy (non-hydrogen) atoms. The van der Waals surface area contributed by atoms with Crippen molar-refractivity contribution in [1.29, 1.82) is 0 Å². The first-order valence-electron chi connectivity index (χ1n) is 8.43. The van der Waals surface area contributed by atoms with Crippen LogP contribution < -0.4 is 5.32 Å². The van der Waals surface area contributed by atoms with Gasteiger partial charge in [-0.15, -0.1) is 0 Å². The minimum Gasteiger partial charge on any atom is -0.314 e. The summed E-state index contributed by atoms with van der Waals surface area (Å²) in [6.45, 7) is 13.2. The van der Waals surface area contributed by atoms with Crippen LogP contribution in [-0.2, 0) is 0 Å². The molecule has 2 aliphatic rings. The smallest absolute Gasteiger partial charge is 0.0125 e. The molecule has 0 bridgehead atoms. The maximum Gasteiger partial charge on any atom is 0.0125 e. The molecule has 1 aliphatic carbocycles. The molecular weight excluding hydrogens is 232 g/mol. The van der Waals surface area contributed by atoms with Gasteiger partial charge in [-0.05, 0) is 64.8 Å². The van der Waals surface area contributed by atoms with Crippen LogP contribution in [0.2, 0.25) is 0 Å². The van der Waals surface area contributed by atoms with Crippen LogP contribution in [0.25, 0.3) is 0 Å². The van der Waals surface area contributed by atoms with Gasteiger partial charge < -0.3 is 5.32 Å². The molecule has 2 nitrogen and oxygen atoms in total. The van der Waals surface area contributed by atoms with Gasteiger partial charge in [0.2, 0.25) is 0 Å². The van der Waals surface area contributed by atoms with Crippen molar-refractivity contribution < 1.29 is 0 Å². The second kappa shape index (κ2) is 6.58. The van der Waals surface area contributed by atoms with Gasteiger partial charge in [-0.3, -0.25) is 4.90 Å². The zero-order chi connectivity index (χ0) is 13.9. The molecule has 2 unspecified atom stereocenters. The summed E-state index contributed by atoms with van der Waals surface area (Å²) in [6.07, 6.45) is 8.49. The molecule has 2 fully saturated rings. The van der Waals surface area contributed by atoms with Gasteiger partial charge in [0.15, 0.2) is 0 Å². The summed E-state index contributed by atoms with van der Waals surface area (Å²) in [6, 6.07) is 0.774. The number of hydrogen-bond acceptors (Lipinski definition) is 2. The van der Waals surface area contributed by atoms with Crippen molar-refractivity contribution in [3.05, 3.63) is 0 Å². The quantitative estimate of drug-likeness (QED) is 0.838. The Morgan fingerprint density at radius 2 is 1.74 bits per heavy atom. The SMILES string of the molecule is CC1CCCC(CNC2CCN(C(C)(C)C)CC2)C1. The molecule has 0 aromatic heterocycles. The molecule has 2 atom stereocenters. The Bertz CT molecular complexity index is 261. The lowest BCUT2D eigenvalue weighted by Gasteiger charge is -2.41. The standard InChI is InChI=1S/C17H34N2/c1-14-6-5-7-15(12-14)13-18-16-8-10-19(11-9-16)17(2,3)4/h14-16,18H,5-13H2,1-4H3. The third-order valence-electron chi connectivity index (χ3n) is 5.18. The van der Waals surface area contributed by atoms with E-state index >= 15 is 0 Å². The zero-order valence-electron chi connectivity index (χ0n) is 13.5. The van der Waals surface area contributed by atoms with E-state index in [1.54, 1.807) is 0 Å². The van der Waals surface area contributed by atoms with Crippen molar-refractivity contribution in [3.63, 3.8) is 0 Å². The van der Waals surface area contributed by atoms with Crippen LogP contribution in [0.4, 0.5) is 0 Å². The monoisotopic (exact) mass is 266 g/mol. The van der Waals surface area contributed by atoms with E-state index in [2.05, 4.69) is 37.9 Å². The van der Waals surface area contributed by atoms with E-state index in [1.165, 1.54) is 58.2 Å². The summed E-state index contributed by atoms with van der Waals surface area (Å²) >= 11 is 0. The second-order valence-corrected chi connectivity index (χ2v) is 7.98. The number of rotatable bonds is 3. The lowest BCUT2D eigenvalue weighted by atomic mass is 9.82. The fraction of sp³-hybridized carbons (Fsp3) is 1.00. The summed E-state index contributed by atoms with van der Waals surface area (Å²) in [7, 11) is 0. The zero-order valence-corrected chi connectivity index (χ0v) is 13.5. The van der Waals surface area contributed by atoms with Crippen LogP contribution in [0.3, 0.4) is 0 Å². The highest BCUT2D eigenvalue weighted by molar-refractivity contribution is 4.85. The van der Waals surface area contributed by atoms with Gasteiger partial charge in [0.1, 0.15) is 0 Å². The number of likely N-dealkylation sites (tertiary alicyclic amines) is 1. The molecule has 1 aliphatic heterocycles.